The maximum Gasteiger partial charge on any atom is 0.268 e. The topological polar surface area (TPSA) is 46.6 Å². The van der Waals surface area contributed by atoms with Gasteiger partial charge in [0.1, 0.15) is 5.75 Å². The van der Waals surface area contributed by atoms with E-state index in [2.05, 4.69) is 0 Å². The van der Waals surface area contributed by atoms with E-state index in [9.17, 15) is 12.9 Å². The maximum atomic E-state index is 12.6. The van der Waals surface area contributed by atoms with E-state index in [4.69, 9.17) is 4.74 Å². The van der Waals surface area contributed by atoms with Crippen molar-refractivity contribution in [3.05, 3.63) is 24.3 Å². The van der Waals surface area contributed by atoms with E-state index in [1.165, 1.54) is 31.4 Å². The van der Waals surface area contributed by atoms with Crippen LogP contribution in [0.4, 0.5) is 4.48 Å². The lowest BCUT2D eigenvalue weighted by atomic mass is 10.3. The van der Waals surface area contributed by atoms with E-state index < -0.39 is 10.0 Å². The minimum atomic E-state index is -3.99. The molecular formula is C8H10FNO3S. The van der Waals surface area contributed by atoms with Crippen LogP contribution >= 0.6 is 0 Å². The van der Waals surface area contributed by atoms with Crippen LogP contribution in [-0.2, 0) is 10.0 Å². The smallest absolute Gasteiger partial charge is 0.268 e. The van der Waals surface area contributed by atoms with Gasteiger partial charge in [0.25, 0.3) is 10.0 Å². The Morgan fingerprint density at radius 3 is 2.14 bits per heavy atom. The van der Waals surface area contributed by atoms with Gasteiger partial charge in [-0.1, -0.05) is 0 Å². The largest absolute Gasteiger partial charge is 0.497 e. The van der Waals surface area contributed by atoms with Gasteiger partial charge < -0.3 is 4.74 Å². The molecule has 78 valence electrons. The number of rotatable bonds is 3. The first-order valence-corrected chi connectivity index (χ1v) is 5.21. The Bertz CT molecular complexity index is 399. The van der Waals surface area contributed by atoms with Crippen LogP contribution in [0.5, 0.6) is 5.75 Å². The van der Waals surface area contributed by atoms with E-state index >= 15 is 0 Å². The quantitative estimate of drug-likeness (QED) is 0.718. The summed E-state index contributed by atoms with van der Waals surface area (Å²) in [6, 6.07) is 5.47. The molecule has 0 radical (unpaired) electrons. The highest BCUT2D eigenvalue weighted by atomic mass is 32.2. The van der Waals surface area contributed by atoms with Crippen LogP contribution in [0.15, 0.2) is 29.2 Å². The highest BCUT2D eigenvalue weighted by Crippen LogP contribution is 2.18. The average Bonchev–Trinajstić information content (AvgIpc) is 2.17. The van der Waals surface area contributed by atoms with Gasteiger partial charge in [0, 0.05) is 7.05 Å². The molecule has 0 amide bonds. The summed E-state index contributed by atoms with van der Waals surface area (Å²) in [6.45, 7) is 0. The first kappa shape index (κ1) is 10.9. The molecule has 0 N–H and O–H groups in total. The van der Waals surface area contributed by atoms with Crippen molar-refractivity contribution in [3.63, 3.8) is 0 Å². The van der Waals surface area contributed by atoms with Gasteiger partial charge in [-0.25, -0.2) is 8.42 Å². The predicted molar refractivity (Wildman–Crippen MR) is 49.1 cm³/mol. The number of sulfonamides is 1. The third-order valence-corrected chi connectivity index (χ3v) is 3.22. The maximum absolute atomic E-state index is 12.6. The fourth-order valence-electron chi connectivity index (χ4n) is 0.893. The molecule has 6 heteroatoms. The Balaban J connectivity index is 3.10. The Morgan fingerprint density at radius 1 is 1.29 bits per heavy atom. The number of hydrogen-bond donors (Lipinski definition) is 0. The monoisotopic (exact) mass is 219 g/mol. The summed E-state index contributed by atoms with van der Waals surface area (Å²) in [4.78, 5) is -0.108. The van der Waals surface area contributed by atoms with Gasteiger partial charge in [0.05, 0.1) is 12.0 Å². The lowest BCUT2D eigenvalue weighted by Crippen LogP contribution is -2.18. The number of hydrogen-bond acceptors (Lipinski definition) is 3. The second kappa shape index (κ2) is 3.93. The molecule has 0 aliphatic carbocycles. The first-order chi connectivity index (χ1) is 6.48. The summed E-state index contributed by atoms with van der Waals surface area (Å²) >= 11 is 0. The summed E-state index contributed by atoms with van der Waals surface area (Å²) in [5.74, 6) is 0.519. The van der Waals surface area contributed by atoms with Gasteiger partial charge in [-0.15, -0.1) is 4.48 Å². The zero-order valence-corrected chi connectivity index (χ0v) is 8.58. The fraction of sp³-hybridized carbons (Fsp3) is 0.250. The lowest BCUT2D eigenvalue weighted by molar-refractivity contribution is 0.178. The van der Waals surface area contributed by atoms with Crippen LogP contribution in [0.2, 0.25) is 0 Å². The molecule has 0 bridgehead atoms. The third-order valence-electron chi connectivity index (χ3n) is 1.69. The van der Waals surface area contributed by atoms with Crippen LogP contribution < -0.4 is 4.74 Å². The molecule has 4 nitrogen and oxygen atoms in total. The molecule has 0 atom stereocenters. The molecule has 0 aliphatic rings. The predicted octanol–water partition coefficient (Wildman–Crippen LogP) is 1.20. The van der Waals surface area contributed by atoms with E-state index in [0.717, 1.165) is 7.05 Å². The van der Waals surface area contributed by atoms with Gasteiger partial charge in [0.15, 0.2) is 0 Å². The van der Waals surface area contributed by atoms with Crippen LogP contribution in [0.25, 0.3) is 0 Å². The molecule has 0 fully saturated rings. The zero-order chi connectivity index (χ0) is 10.8. The number of halogens is 1. The summed E-state index contributed by atoms with van der Waals surface area (Å²) in [7, 11) is -1.69. The lowest BCUT2D eigenvalue weighted by Gasteiger charge is -2.07. The zero-order valence-electron chi connectivity index (χ0n) is 7.77. The minimum absolute atomic E-state index is 0.108. The molecule has 14 heavy (non-hydrogen) atoms. The summed E-state index contributed by atoms with van der Waals surface area (Å²) in [6.07, 6.45) is 0. The Labute approximate surface area is 81.9 Å². The number of ether oxygens (including phenoxy) is 1. The van der Waals surface area contributed by atoms with E-state index in [1.807, 2.05) is 0 Å². The molecule has 0 aromatic heterocycles. The van der Waals surface area contributed by atoms with Gasteiger partial charge in [-0.05, 0) is 28.8 Å². The molecule has 1 aromatic rings. The molecule has 1 aromatic carbocycles. The van der Waals surface area contributed by atoms with Crippen molar-refractivity contribution in [2.45, 2.75) is 4.90 Å². The summed E-state index contributed by atoms with van der Waals surface area (Å²) in [5.41, 5.74) is 0. The van der Waals surface area contributed by atoms with Gasteiger partial charge in [0.2, 0.25) is 0 Å². The molecular weight excluding hydrogens is 209 g/mol. The Kier molecular flexibility index (Phi) is 3.07. The molecule has 0 unspecified atom stereocenters. The molecule has 0 saturated carbocycles. The first-order valence-electron chi connectivity index (χ1n) is 3.77. The van der Waals surface area contributed by atoms with Gasteiger partial charge in [-0.3, -0.25) is 0 Å². The van der Waals surface area contributed by atoms with Crippen molar-refractivity contribution >= 4 is 10.0 Å². The van der Waals surface area contributed by atoms with Crippen LogP contribution in [0, 0.1) is 0 Å². The van der Waals surface area contributed by atoms with Crippen molar-refractivity contribution in [3.8, 4) is 5.75 Å². The Hall–Kier alpha value is -1.14. The van der Waals surface area contributed by atoms with E-state index in [0.29, 0.717) is 5.75 Å². The summed E-state index contributed by atoms with van der Waals surface area (Å²) in [5, 5.41) is 0. The highest BCUT2D eigenvalue weighted by Gasteiger charge is 2.19. The minimum Gasteiger partial charge on any atom is -0.497 e. The van der Waals surface area contributed by atoms with Crippen molar-refractivity contribution in [2.24, 2.45) is 0 Å². The SMILES string of the molecule is COc1ccc(S(=O)(=O)N(C)F)cc1. The average molecular weight is 219 g/mol. The van der Waals surface area contributed by atoms with Crippen molar-refractivity contribution < 1.29 is 17.6 Å². The summed E-state index contributed by atoms with van der Waals surface area (Å²) < 4.78 is 39.6. The van der Waals surface area contributed by atoms with Crippen LogP contribution in [0.3, 0.4) is 0 Å². The number of methoxy groups -OCH3 is 1. The Morgan fingerprint density at radius 2 is 1.79 bits per heavy atom. The van der Waals surface area contributed by atoms with Crippen LogP contribution in [-0.4, -0.2) is 27.1 Å². The molecule has 0 heterocycles. The van der Waals surface area contributed by atoms with Crippen molar-refractivity contribution in [1.29, 1.82) is 0 Å². The fourth-order valence-corrected chi connectivity index (χ4v) is 1.66. The van der Waals surface area contributed by atoms with Crippen molar-refractivity contribution in [1.82, 2.24) is 4.53 Å². The molecule has 0 aliphatic heterocycles. The standard InChI is InChI=1S/C8H10FNO3S/c1-10(9)14(11,12)8-5-3-7(13-2)4-6-8/h3-6H,1-2H3. The van der Waals surface area contributed by atoms with Crippen LogP contribution in [0.1, 0.15) is 0 Å². The third kappa shape index (κ3) is 2.02. The van der Waals surface area contributed by atoms with E-state index in [1.54, 1.807) is 0 Å². The molecule has 0 saturated heterocycles. The van der Waals surface area contributed by atoms with Crippen molar-refractivity contribution in [2.75, 3.05) is 14.2 Å². The molecule has 1 rings (SSSR count). The number of benzene rings is 1. The second-order valence-corrected chi connectivity index (χ2v) is 4.50. The second-order valence-electron chi connectivity index (χ2n) is 2.57. The normalized spacial score (nSPS) is 11.7. The van der Waals surface area contributed by atoms with E-state index in [-0.39, 0.29) is 9.42 Å². The molecule has 0 spiro atoms. The number of nitrogens with zero attached hydrogens (tertiary/aromatic N) is 1. The van der Waals surface area contributed by atoms with Gasteiger partial charge in [-0.2, -0.15) is 0 Å². The highest BCUT2D eigenvalue weighted by molar-refractivity contribution is 7.89. The van der Waals surface area contributed by atoms with Gasteiger partial charge >= 0.3 is 0 Å².